The fourth-order valence-electron chi connectivity index (χ4n) is 3.02. The minimum Gasteiger partial charge on any atom is -0.388 e. The molecule has 0 heterocycles. The van der Waals surface area contributed by atoms with Gasteiger partial charge in [-0.2, -0.15) is 0 Å². The molecule has 2 saturated carbocycles. The number of halogens is 2. The first-order valence-electron chi connectivity index (χ1n) is 7.98. The van der Waals surface area contributed by atoms with Crippen LogP contribution in [-0.2, 0) is 5.41 Å². The molecule has 0 spiro atoms. The Morgan fingerprint density at radius 3 is 2.43 bits per heavy atom. The predicted octanol–water partition coefficient (Wildman–Crippen LogP) is 3.07. The highest BCUT2D eigenvalue weighted by Gasteiger charge is 2.44. The third kappa shape index (κ3) is 4.51. The van der Waals surface area contributed by atoms with E-state index >= 15 is 0 Å². The summed E-state index contributed by atoms with van der Waals surface area (Å²) in [5.41, 5.74) is 0.929. The van der Waals surface area contributed by atoms with Crippen LogP contribution in [0.25, 0.3) is 0 Å². The Labute approximate surface area is 160 Å². The summed E-state index contributed by atoms with van der Waals surface area (Å²) < 4.78 is 0. The van der Waals surface area contributed by atoms with E-state index in [-0.39, 0.29) is 29.4 Å². The van der Waals surface area contributed by atoms with Gasteiger partial charge in [-0.25, -0.2) is 0 Å². The zero-order valence-electron chi connectivity index (χ0n) is 13.4. The average molecular weight is 450 g/mol. The second kappa shape index (κ2) is 7.57. The van der Waals surface area contributed by atoms with Crippen molar-refractivity contribution in [2.75, 3.05) is 20.1 Å². The van der Waals surface area contributed by atoms with Crippen molar-refractivity contribution in [2.24, 2.45) is 4.99 Å². The van der Waals surface area contributed by atoms with Gasteiger partial charge in [-0.3, -0.25) is 4.99 Å². The lowest BCUT2D eigenvalue weighted by molar-refractivity contribution is -0.0279. The fraction of sp³-hybridized carbons (Fsp3) is 0.588. The maximum absolute atomic E-state index is 10.1. The predicted molar refractivity (Wildman–Crippen MR) is 106 cm³/mol. The van der Waals surface area contributed by atoms with Crippen LogP contribution in [0.4, 0.5) is 0 Å². The lowest BCUT2D eigenvalue weighted by Crippen LogP contribution is -2.51. The maximum Gasteiger partial charge on any atom is 0.191 e. The van der Waals surface area contributed by atoms with Crippen LogP contribution < -0.4 is 10.6 Å². The van der Waals surface area contributed by atoms with Crippen LogP contribution in [0, 0.1) is 0 Å². The second-order valence-corrected chi connectivity index (χ2v) is 7.08. The van der Waals surface area contributed by atoms with E-state index in [4.69, 9.17) is 11.6 Å². The van der Waals surface area contributed by atoms with Crippen LogP contribution in [0.3, 0.4) is 0 Å². The van der Waals surface area contributed by atoms with E-state index in [1.54, 1.807) is 7.05 Å². The highest BCUT2D eigenvalue weighted by molar-refractivity contribution is 14.0. The smallest absolute Gasteiger partial charge is 0.191 e. The zero-order valence-corrected chi connectivity index (χ0v) is 16.5. The van der Waals surface area contributed by atoms with Crippen LogP contribution >= 0.6 is 35.6 Å². The van der Waals surface area contributed by atoms with E-state index in [1.165, 1.54) is 18.4 Å². The van der Waals surface area contributed by atoms with Gasteiger partial charge in [-0.05, 0) is 49.8 Å². The number of hydrogen-bond acceptors (Lipinski definition) is 2. The molecule has 1 aromatic rings. The van der Waals surface area contributed by atoms with Gasteiger partial charge in [0.25, 0.3) is 0 Å². The van der Waals surface area contributed by atoms with Gasteiger partial charge in [-0.15, -0.1) is 24.0 Å². The molecule has 0 unspecified atom stereocenters. The summed E-state index contributed by atoms with van der Waals surface area (Å²) in [4.78, 5) is 4.25. The SMILES string of the molecule is CN=C(NCC1(O)CCC1)NCC1(c2cccc(Cl)c2)CC1.I. The van der Waals surface area contributed by atoms with Gasteiger partial charge < -0.3 is 15.7 Å². The van der Waals surface area contributed by atoms with E-state index in [0.29, 0.717) is 6.54 Å². The topological polar surface area (TPSA) is 56.7 Å². The highest BCUT2D eigenvalue weighted by atomic mass is 127. The number of rotatable bonds is 5. The number of aliphatic hydroxyl groups is 1. The minimum atomic E-state index is -0.540. The summed E-state index contributed by atoms with van der Waals surface area (Å²) in [6.45, 7) is 1.41. The second-order valence-electron chi connectivity index (χ2n) is 6.65. The summed E-state index contributed by atoms with van der Waals surface area (Å²) >= 11 is 6.11. The lowest BCUT2D eigenvalue weighted by atomic mass is 9.80. The first kappa shape index (κ1) is 18.8. The maximum atomic E-state index is 10.1. The molecule has 1 aromatic carbocycles. The molecule has 3 rings (SSSR count). The summed E-state index contributed by atoms with van der Waals surface area (Å²) in [5.74, 6) is 0.758. The Morgan fingerprint density at radius 2 is 1.91 bits per heavy atom. The Kier molecular flexibility index (Phi) is 6.19. The van der Waals surface area contributed by atoms with Gasteiger partial charge in [0.2, 0.25) is 0 Å². The molecule has 0 radical (unpaired) electrons. The largest absolute Gasteiger partial charge is 0.388 e. The molecule has 0 saturated heterocycles. The summed E-state index contributed by atoms with van der Waals surface area (Å²) in [5, 5.41) is 17.6. The highest BCUT2D eigenvalue weighted by Crippen LogP contribution is 2.48. The monoisotopic (exact) mass is 449 g/mol. The standard InChI is InChI=1S/C17H24ClN3O.HI/c1-19-15(21-12-17(22)6-3-7-17)20-11-16(8-9-16)13-4-2-5-14(18)10-13;/h2,4-5,10,22H,3,6-9,11-12H2,1H3,(H2,19,20,21);1H. The van der Waals surface area contributed by atoms with Gasteiger partial charge in [0, 0.05) is 30.6 Å². The molecule has 2 aliphatic carbocycles. The molecule has 128 valence electrons. The van der Waals surface area contributed by atoms with Gasteiger partial charge in [0.15, 0.2) is 5.96 Å². The Morgan fingerprint density at radius 1 is 1.22 bits per heavy atom. The number of benzene rings is 1. The van der Waals surface area contributed by atoms with Gasteiger partial charge in [-0.1, -0.05) is 23.7 Å². The molecule has 4 nitrogen and oxygen atoms in total. The van der Waals surface area contributed by atoms with E-state index in [9.17, 15) is 5.11 Å². The normalized spacial score (nSPS) is 20.9. The molecule has 0 bridgehead atoms. The Hall–Kier alpha value is -0.530. The van der Waals surface area contributed by atoms with Crippen molar-refractivity contribution in [3.8, 4) is 0 Å². The Bertz CT molecular complexity index is 571. The summed E-state index contributed by atoms with van der Waals surface area (Å²) in [6.07, 6.45) is 5.21. The first-order chi connectivity index (χ1) is 10.6. The fourth-order valence-corrected chi connectivity index (χ4v) is 3.21. The van der Waals surface area contributed by atoms with E-state index in [1.807, 2.05) is 12.1 Å². The number of nitrogens with zero attached hydrogens (tertiary/aromatic N) is 1. The van der Waals surface area contributed by atoms with Crippen molar-refractivity contribution >= 4 is 41.5 Å². The van der Waals surface area contributed by atoms with Crippen molar-refractivity contribution in [1.29, 1.82) is 0 Å². The number of aliphatic imine (C=N–C) groups is 1. The molecular weight excluding hydrogens is 425 g/mol. The molecular formula is C17H25ClIN3O. The Balaban J connectivity index is 0.00000192. The first-order valence-corrected chi connectivity index (χ1v) is 8.36. The molecule has 0 atom stereocenters. The van der Waals surface area contributed by atoms with E-state index < -0.39 is 5.60 Å². The van der Waals surface area contributed by atoms with Gasteiger partial charge in [0.1, 0.15) is 0 Å². The third-order valence-corrected chi connectivity index (χ3v) is 5.21. The number of hydrogen-bond donors (Lipinski definition) is 3. The molecule has 0 aromatic heterocycles. The molecule has 0 aliphatic heterocycles. The molecule has 2 fully saturated rings. The van der Waals surface area contributed by atoms with E-state index in [2.05, 4.69) is 27.8 Å². The van der Waals surface area contributed by atoms with Crippen LogP contribution in [0.1, 0.15) is 37.7 Å². The lowest BCUT2D eigenvalue weighted by Gasteiger charge is -2.37. The van der Waals surface area contributed by atoms with Crippen LogP contribution in [0.2, 0.25) is 5.02 Å². The molecule has 3 N–H and O–H groups in total. The van der Waals surface area contributed by atoms with Gasteiger partial charge in [0.05, 0.1) is 5.60 Å². The molecule has 23 heavy (non-hydrogen) atoms. The van der Waals surface area contributed by atoms with Crippen molar-refractivity contribution in [1.82, 2.24) is 10.6 Å². The van der Waals surface area contributed by atoms with Crippen LogP contribution in [-0.4, -0.2) is 36.8 Å². The van der Waals surface area contributed by atoms with Crippen molar-refractivity contribution in [3.63, 3.8) is 0 Å². The average Bonchev–Trinajstić information content (AvgIpc) is 3.27. The van der Waals surface area contributed by atoms with Crippen molar-refractivity contribution in [2.45, 2.75) is 43.1 Å². The van der Waals surface area contributed by atoms with E-state index in [0.717, 1.165) is 36.8 Å². The third-order valence-electron chi connectivity index (χ3n) is 4.98. The molecule has 2 aliphatic rings. The molecule has 0 amide bonds. The van der Waals surface area contributed by atoms with Crippen LogP contribution in [0.15, 0.2) is 29.3 Å². The number of nitrogens with one attached hydrogen (secondary N) is 2. The van der Waals surface area contributed by atoms with Crippen molar-refractivity contribution < 1.29 is 5.11 Å². The van der Waals surface area contributed by atoms with Crippen LogP contribution in [0.5, 0.6) is 0 Å². The summed E-state index contributed by atoms with van der Waals surface area (Å²) in [7, 11) is 1.76. The van der Waals surface area contributed by atoms with Gasteiger partial charge >= 0.3 is 0 Å². The molecule has 6 heteroatoms. The summed E-state index contributed by atoms with van der Waals surface area (Å²) in [6, 6.07) is 8.13. The minimum absolute atomic E-state index is 0. The number of guanidine groups is 1. The zero-order chi connectivity index (χ0) is 15.6. The van der Waals surface area contributed by atoms with Crippen molar-refractivity contribution in [3.05, 3.63) is 34.9 Å². The quantitative estimate of drug-likeness (QED) is 0.368.